The van der Waals surface area contributed by atoms with Crippen molar-refractivity contribution in [1.82, 2.24) is 24.6 Å². The van der Waals surface area contributed by atoms with Gasteiger partial charge in [-0.2, -0.15) is 5.10 Å². The van der Waals surface area contributed by atoms with Crippen molar-refractivity contribution in [3.8, 4) is 5.82 Å². The van der Waals surface area contributed by atoms with Gasteiger partial charge in [0, 0.05) is 44.6 Å². The summed E-state index contributed by atoms with van der Waals surface area (Å²) < 4.78 is 1.60. The number of aromatic nitrogens is 3. The van der Waals surface area contributed by atoms with Crippen LogP contribution >= 0.6 is 0 Å². The molecule has 0 saturated carbocycles. The standard InChI is InChI=1S/C17H20N6O2/c1-21-10-13(11-21)22-9-12(8-15(22)24)17(25)20-14-4-2-5-18-16(14)23-7-3-6-19-23/h2-7,12-13H,8-11H2,1H3,(H,20,25). The molecule has 1 atom stereocenters. The molecule has 2 aliphatic heterocycles. The summed E-state index contributed by atoms with van der Waals surface area (Å²) in [5, 5.41) is 7.07. The molecule has 0 radical (unpaired) electrons. The van der Waals surface area contributed by atoms with Gasteiger partial charge in [0.15, 0.2) is 5.82 Å². The number of anilines is 1. The quantitative estimate of drug-likeness (QED) is 0.869. The van der Waals surface area contributed by atoms with Gasteiger partial charge in [-0.15, -0.1) is 0 Å². The van der Waals surface area contributed by atoms with Crippen LogP contribution in [0.4, 0.5) is 5.69 Å². The second kappa shape index (κ2) is 6.29. The van der Waals surface area contributed by atoms with Crippen molar-refractivity contribution in [3.05, 3.63) is 36.8 Å². The molecule has 2 aliphatic rings. The smallest absolute Gasteiger partial charge is 0.229 e. The summed E-state index contributed by atoms with van der Waals surface area (Å²) in [5.41, 5.74) is 0.588. The highest BCUT2D eigenvalue weighted by Gasteiger charge is 2.41. The monoisotopic (exact) mass is 340 g/mol. The lowest BCUT2D eigenvalue weighted by atomic mass is 10.1. The Labute approximate surface area is 145 Å². The molecule has 0 spiro atoms. The molecule has 2 amide bonds. The number of carbonyl (C=O) groups is 2. The minimum Gasteiger partial charge on any atom is -0.336 e. The van der Waals surface area contributed by atoms with E-state index >= 15 is 0 Å². The van der Waals surface area contributed by atoms with Crippen LogP contribution in [-0.4, -0.2) is 69.1 Å². The van der Waals surface area contributed by atoms with Gasteiger partial charge in [-0.1, -0.05) is 0 Å². The minimum atomic E-state index is -0.330. The zero-order chi connectivity index (χ0) is 17.4. The van der Waals surface area contributed by atoms with Crippen LogP contribution in [0.15, 0.2) is 36.8 Å². The van der Waals surface area contributed by atoms with Gasteiger partial charge in [-0.3, -0.25) is 9.59 Å². The van der Waals surface area contributed by atoms with E-state index in [9.17, 15) is 9.59 Å². The largest absolute Gasteiger partial charge is 0.336 e. The fourth-order valence-electron chi connectivity index (χ4n) is 3.43. The highest BCUT2D eigenvalue weighted by Crippen LogP contribution is 2.26. The zero-order valence-corrected chi connectivity index (χ0v) is 14.0. The summed E-state index contributed by atoms with van der Waals surface area (Å²) in [7, 11) is 2.03. The Morgan fingerprint density at radius 2 is 2.08 bits per heavy atom. The number of rotatable bonds is 4. The van der Waals surface area contributed by atoms with Crippen LogP contribution in [0.3, 0.4) is 0 Å². The molecule has 0 aromatic carbocycles. The van der Waals surface area contributed by atoms with Gasteiger partial charge in [0.05, 0.1) is 17.6 Å². The molecule has 4 heterocycles. The summed E-state index contributed by atoms with van der Waals surface area (Å²) in [6, 6.07) is 5.59. The molecule has 2 saturated heterocycles. The van der Waals surface area contributed by atoms with Gasteiger partial charge in [0.25, 0.3) is 0 Å². The van der Waals surface area contributed by atoms with Gasteiger partial charge < -0.3 is 15.1 Å². The molecule has 8 heteroatoms. The molecule has 2 aromatic heterocycles. The van der Waals surface area contributed by atoms with E-state index in [1.165, 1.54) is 0 Å². The molecule has 25 heavy (non-hydrogen) atoms. The average Bonchev–Trinajstić information content (AvgIpc) is 3.22. The maximum Gasteiger partial charge on any atom is 0.229 e. The Morgan fingerprint density at radius 1 is 1.24 bits per heavy atom. The van der Waals surface area contributed by atoms with E-state index in [4.69, 9.17) is 0 Å². The SMILES string of the molecule is CN1CC(N2CC(C(=O)Nc3cccnc3-n3cccn3)CC2=O)C1. The Hall–Kier alpha value is -2.74. The number of nitrogens with zero attached hydrogens (tertiary/aromatic N) is 5. The van der Waals surface area contributed by atoms with Crippen LogP contribution in [0.25, 0.3) is 5.82 Å². The summed E-state index contributed by atoms with van der Waals surface area (Å²) in [5.74, 6) is 0.147. The zero-order valence-electron chi connectivity index (χ0n) is 14.0. The topological polar surface area (TPSA) is 83.4 Å². The molecule has 2 fully saturated rings. The van der Waals surface area contributed by atoms with Crippen molar-refractivity contribution in [3.63, 3.8) is 0 Å². The number of nitrogens with one attached hydrogen (secondary N) is 1. The summed E-state index contributed by atoms with van der Waals surface area (Å²) in [4.78, 5) is 33.2. The number of pyridine rings is 1. The maximum absolute atomic E-state index is 12.7. The third-order valence-electron chi connectivity index (χ3n) is 4.78. The normalized spacial score (nSPS) is 21.4. The molecule has 4 rings (SSSR count). The van der Waals surface area contributed by atoms with E-state index in [0.717, 1.165) is 13.1 Å². The number of hydrogen-bond donors (Lipinski definition) is 1. The molecule has 130 valence electrons. The highest BCUT2D eigenvalue weighted by molar-refractivity contribution is 5.98. The molecule has 2 aromatic rings. The molecule has 1 N–H and O–H groups in total. The first kappa shape index (κ1) is 15.8. The van der Waals surface area contributed by atoms with Crippen molar-refractivity contribution >= 4 is 17.5 Å². The van der Waals surface area contributed by atoms with Crippen LogP contribution in [0.1, 0.15) is 6.42 Å². The summed E-state index contributed by atoms with van der Waals surface area (Å²) in [6.07, 6.45) is 5.35. The number of carbonyl (C=O) groups excluding carboxylic acids is 2. The average molecular weight is 340 g/mol. The van der Waals surface area contributed by atoms with E-state index in [1.54, 1.807) is 41.5 Å². The molecule has 0 bridgehead atoms. The molecular weight excluding hydrogens is 320 g/mol. The number of likely N-dealkylation sites (N-methyl/N-ethyl adjacent to an activating group) is 1. The highest BCUT2D eigenvalue weighted by atomic mass is 16.2. The predicted molar refractivity (Wildman–Crippen MR) is 91.1 cm³/mol. The second-order valence-electron chi connectivity index (χ2n) is 6.64. The fraction of sp³-hybridized carbons (Fsp3) is 0.412. The van der Waals surface area contributed by atoms with Gasteiger partial charge in [-0.25, -0.2) is 9.67 Å². The Kier molecular flexibility index (Phi) is 3.96. The Bertz CT molecular complexity index is 784. The van der Waals surface area contributed by atoms with Gasteiger partial charge >= 0.3 is 0 Å². The van der Waals surface area contributed by atoms with Crippen molar-refractivity contribution in [2.75, 3.05) is 32.0 Å². The molecular formula is C17H20N6O2. The summed E-state index contributed by atoms with van der Waals surface area (Å²) in [6.45, 7) is 2.25. The van der Waals surface area contributed by atoms with Crippen LogP contribution in [0.5, 0.6) is 0 Å². The number of likely N-dealkylation sites (tertiary alicyclic amines) is 2. The number of hydrogen-bond acceptors (Lipinski definition) is 5. The van der Waals surface area contributed by atoms with E-state index in [-0.39, 0.29) is 30.2 Å². The van der Waals surface area contributed by atoms with Crippen molar-refractivity contribution in [2.24, 2.45) is 5.92 Å². The molecule has 0 aliphatic carbocycles. The molecule has 8 nitrogen and oxygen atoms in total. The first-order chi connectivity index (χ1) is 12.1. The second-order valence-corrected chi connectivity index (χ2v) is 6.64. The first-order valence-electron chi connectivity index (χ1n) is 8.35. The predicted octanol–water partition coefficient (Wildman–Crippen LogP) is 0.368. The minimum absolute atomic E-state index is 0.0664. The van der Waals surface area contributed by atoms with Crippen LogP contribution in [0, 0.1) is 5.92 Å². The third kappa shape index (κ3) is 3.00. The lowest BCUT2D eigenvalue weighted by Crippen LogP contribution is -2.58. The first-order valence-corrected chi connectivity index (χ1v) is 8.35. The van der Waals surface area contributed by atoms with E-state index in [2.05, 4.69) is 20.3 Å². The lowest BCUT2D eigenvalue weighted by molar-refractivity contribution is -0.132. The van der Waals surface area contributed by atoms with E-state index in [1.807, 2.05) is 11.9 Å². The number of amides is 2. The lowest BCUT2D eigenvalue weighted by Gasteiger charge is -2.42. The maximum atomic E-state index is 12.7. The van der Waals surface area contributed by atoms with Crippen LogP contribution in [0.2, 0.25) is 0 Å². The molecule has 1 unspecified atom stereocenters. The van der Waals surface area contributed by atoms with Gasteiger partial charge in [0.1, 0.15) is 0 Å². The van der Waals surface area contributed by atoms with Gasteiger partial charge in [0.2, 0.25) is 11.8 Å². The van der Waals surface area contributed by atoms with Crippen LogP contribution < -0.4 is 5.32 Å². The Balaban J connectivity index is 1.46. The Morgan fingerprint density at radius 3 is 2.80 bits per heavy atom. The van der Waals surface area contributed by atoms with Crippen molar-refractivity contribution < 1.29 is 9.59 Å². The van der Waals surface area contributed by atoms with Crippen LogP contribution in [-0.2, 0) is 9.59 Å². The van der Waals surface area contributed by atoms with Crippen molar-refractivity contribution in [2.45, 2.75) is 12.5 Å². The fourth-order valence-corrected chi connectivity index (χ4v) is 3.43. The van der Waals surface area contributed by atoms with Gasteiger partial charge in [-0.05, 0) is 25.2 Å². The van der Waals surface area contributed by atoms with E-state index in [0.29, 0.717) is 18.1 Å². The third-order valence-corrected chi connectivity index (χ3v) is 4.78. The summed E-state index contributed by atoms with van der Waals surface area (Å²) >= 11 is 0. The van der Waals surface area contributed by atoms with Crippen molar-refractivity contribution in [1.29, 1.82) is 0 Å². The van der Waals surface area contributed by atoms with E-state index < -0.39 is 0 Å².